The molecule has 1 saturated heterocycles. The third kappa shape index (κ3) is 4.15. The molecule has 0 unspecified atom stereocenters. The van der Waals surface area contributed by atoms with Crippen LogP contribution in [0.3, 0.4) is 0 Å². The largest absolute Gasteiger partial charge is 0.483 e. The summed E-state index contributed by atoms with van der Waals surface area (Å²) >= 11 is 1.73. The zero-order chi connectivity index (χ0) is 21.6. The number of amides is 2. The molecule has 0 N–H and O–H groups in total. The van der Waals surface area contributed by atoms with Crippen molar-refractivity contribution in [3.05, 3.63) is 46.2 Å². The van der Waals surface area contributed by atoms with Crippen LogP contribution in [0.15, 0.2) is 35.7 Å². The van der Waals surface area contributed by atoms with Gasteiger partial charge in [-0.05, 0) is 37.8 Å². The standard InChI is InChI=1S/C24H28N2O4S/c1-24(2)14-16-5-3-6-19(22(16)30-24)29-15-21(27)25-8-10-26(11-9-25)23(28)18-13-17(18)20-7-4-12-31-20/h3-7,12,17-18H,8-11,13-15H2,1-2H3/t17-,18+/m0/s1. The fraction of sp³-hybridized carbons (Fsp3) is 0.500. The molecule has 0 bridgehead atoms. The Morgan fingerprint density at radius 1 is 1.13 bits per heavy atom. The molecule has 7 heteroatoms. The van der Waals surface area contributed by atoms with Gasteiger partial charge in [0.05, 0.1) is 0 Å². The number of piperazine rings is 1. The van der Waals surface area contributed by atoms with Crippen molar-refractivity contribution in [3.63, 3.8) is 0 Å². The SMILES string of the molecule is CC1(C)Cc2cccc(OCC(=O)N3CCN(C(=O)[C@@H]4C[C@@H]4c4cccs4)CC3)c2O1. The maximum absolute atomic E-state index is 12.8. The van der Waals surface area contributed by atoms with Crippen molar-refractivity contribution in [2.45, 2.75) is 38.2 Å². The number of carbonyl (C=O) groups excluding carboxylic acids is 2. The number of fused-ring (bicyclic) bond motifs is 1. The molecule has 1 aliphatic carbocycles. The molecule has 3 heterocycles. The van der Waals surface area contributed by atoms with Crippen molar-refractivity contribution in [1.82, 2.24) is 9.80 Å². The van der Waals surface area contributed by atoms with Gasteiger partial charge in [0, 0.05) is 54.9 Å². The van der Waals surface area contributed by atoms with Crippen molar-refractivity contribution in [1.29, 1.82) is 0 Å². The molecular formula is C24H28N2O4S. The minimum absolute atomic E-state index is 0.0166. The van der Waals surface area contributed by atoms with Crippen molar-refractivity contribution >= 4 is 23.2 Å². The Hall–Kier alpha value is -2.54. The number of ether oxygens (including phenoxy) is 2. The Labute approximate surface area is 186 Å². The van der Waals surface area contributed by atoms with Crippen molar-refractivity contribution in [3.8, 4) is 11.5 Å². The molecule has 2 aliphatic heterocycles. The molecule has 1 aromatic carbocycles. The normalized spacial score (nSPS) is 23.8. The summed E-state index contributed by atoms with van der Waals surface area (Å²) in [4.78, 5) is 30.5. The summed E-state index contributed by atoms with van der Waals surface area (Å²) in [7, 11) is 0. The van der Waals surface area contributed by atoms with Crippen LogP contribution in [0, 0.1) is 5.92 Å². The van der Waals surface area contributed by atoms with E-state index < -0.39 is 0 Å². The fourth-order valence-corrected chi connectivity index (χ4v) is 5.53. The van der Waals surface area contributed by atoms with Crippen LogP contribution in [0.5, 0.6) is 11.5 Å². The van der Waals surface area contributed by atoms with E-state index in [1.54, 1.807) is 16.2 Å². The van der Waals surface area contributed by atoms with E-state index >= 15 is 0 Å². The maximum atomic E-state index is 12.8. The van der Waals surface area contributed by atoms with Gasteiger partial charge >= 0.3 is 0 Å². The van der Waals surface area contributed by atoms with Crippen LogP contribution in [-0.4, -0.2) is 60.0 Å². The number of para-hydroxylation sites is 1. The minimum Gasteiger partial charge on any atom is -0.483 e. The van der Waals surface area contributed by atoms with Gasteiger partial charge in [0.1, 0.15) is 5.60 Å². The molecule has 2 aromatic rings. The molecule has 3 aliphatic rings. The third-order valence-electron chi connectivity index (χ3n) is 6.37. The number of nitrogens with zero attached hydrogens (tertiary/aromatic N) is 2. The molecular weight excluding hydrogens is 412 g/mol. The average molecular weight is 441 g/mol. The molecule has 6 nitrogen and oxygen atoms in total. The van der Waals surface area contributed by atoms with Crippen LogP contribution in [0.25, 0.3) is 0 Å². The van der Waals surface area contributed by atoms with E-state index in [1.807, 2.05) is 43.0 Å². The van der Waals surface area contributed by atoms with Gasteiger partial charge in [-0.15, -0.1) is 11.3 Å². The van der Waals surface area contributed by atoms with Crippen LogP contribution in [0.4, 0.5) is 0 Å². The minimum atomic E-state index is -0.251. The topological polar surface area (TPSA) is 59.1 Å². The lowest BCUT2D eigenvalue weighted by atomic mass is 10.0. The monoisotopic (exact) mass is 440 g/mol. The second-order valence-electron chi connectivity index (χ2n) is 9.24. The smallest absolute Gasteiger partial charge is 0.260 e. The van der Waals surface area contributed by atoms with Crippen LogP contribution in [0.2, 0.25) is 0 Å². The molecule has 0 radical (unpaired) electrons. The van der Waals surface area contributed by atoms with E-state index in [2.05, 4.69) is 11.4 Å². The fourth-order valence-electron chi connectivity index (χ4n) is 4.63. The lowest BCUT2D eigenvalue weighted by Crippen LogP contribution is -2.52. The van der Waals surface area contributed by atoms with Crippen LogP contribution in [0.1, 0.15) is 36.6 Å². The number of thiophene rings is 1. The highest BCUT2D eigenvalue weighted by molar-refractivity contribution is 7.10. The highest BCUT2D eigenvalue weighted by atomic mass is 32.1. The van der Waals surface area contributed by atoms with E-state index in [9.17, 15) is 9.59 Å². The summed E-state index contributed by atoms with van der Waals surface area (Å²) in [6, 6.07) is 9.99. The molecule has 2 atom stereocenters. The first-order chi connectivity index (χ1) is 14.9. The number of rotatable bonds is 5. The van der Waals surface area contributed by atoms with E-state index in [4.69, 9.17) is 9.47 Å². The summed E-state index contributed by atoms with van der Waals surface area (Å²) in [6.07, 6.45) is 1.78. The average Bonchev–Trinajstić information content (AvgIpc) is 3.21. The van der Waals surface area contributed by atoms with E-state index in [0.717, 1.165) is 24.2 Å². The van der Waals surface area contributed by atoms with Gasteiger partial charge in [-0.3, -0.25) is 9.59 Å². The van der Waals surface area contributed by atoms with Gasteiger partial charge in [0.15, 0.2) is 18.1 Å². The van der Waals surface area contributed by atoms with Crippen LogP contribution < -0.4 is 9.47 Å². The Morgan fingerprint density at radius 2 is 1.90 bits per heavy atom. The lowest BCUT2D eigenvalue weighted by molar-refractivity contribution is -0.141. The molecule has 5 rings (SSSR count). The van der Waals surface area contributed by atoms with Gasteiger partial charge in [-0.1, -0.05) is 18.2 Å². The lowest BCUT2D eigenvalue weighted by Gasteiger charge is -2.35. The van der Waals surface area contributed by atoms with Crippen molar-refractivity contribution < 1.29 is 19.1 Å². The Morgan fingerprint density at radius 3 is 2.65 bits per heavy atom. The van der Waals surface area contributed by atoms with Crippen molar-refractivity contribution in [2.24, 2.45) is 5.92 Å². The van der Waals surface area contributed by atoms with Gasteiger partial charge < -0.3 is 19.3 Å². The number of benzene rings is 1. The summed E-state index contributed by atoms with van der Waals surface area (Å²) in [5, 5.41) is 2.07. The first kappa shape index (κ1) is 20.4. The van der Waals surface area contributed by atoms with Crippen LogP contribution >= 0.6 is 11.3 Å². The maximum Gasteiger partial charge on any atom is 0.260 e. The molecule has 1 aromatic heterocycles. The summed E-state index contributed by atoms with van der Waals surface area (Å²) in [5.74, 6) is 2.07. The summed E-state index contributed by atoms with van der Waals surface area (Å²) < 4.78 is 11.9. The van der Waals surface area contributed by atoms with Gasteiger partial charge in [-0.2, -0.15) is 0 Å². The Balaban J connectivity index is 1.11. The Kier molecular flexibility index (Phi) is 5.16. The quantitative estimate of drug-likeness (QED) is 0.716. The highest BCUT2D eigenvalue weighted by Crippen LogP contribution is 2.50. The molecule has 31 heavy (non-hydrogen) atoms. The van der Waals surface area contributed by atoms with Gasteiger partial charge in [-0.25, -0.2) is 0 Å². The number of hydrogen-bond acceptors (Lipinski definition) is 5. The summed E-state index contributed by atoms with van der Waals surface area (Å²) in [6.45, 7) is 6.38. The third-order valence-corrected chi connectivity index (χ3v) is 7.37. The molecule has 1 saturated carbocycles. The molecule has 2 fully saturated rings. The van der Waals surface area contributed by atoms with E-state index in [1.165, 1.54) is 4.88 Å². The molecule has 2 amide bonds. The highest BCUT2D eigenvalue weighted by Gasteiger charge is 2.46. The predicted octanol–water partition coefficient (Wildman–Crippen LogP) is 3.31. The second-order valence-corrected chi connectivity index (χ2v) is 10.2. The number of hydrogen-bond donors (Lipinski definition) is 0. The first-order valence-corrected chi connectivity index (χ1v) is 11.8. The molecule has 0 spiro atoms. The van der Waals surface area contributed by atoms with E-state index in [0.29, 0.717) is 37.8 Å². The first-order valence-electron chi connectivity index (χ1n) is 10.9. The van der Waals surface area contributed by atoms with E-state index in [-0.39, 0.29) is 29.9 Å². The zero-order valence-corrected chi connectivity index (χ0v) is 18.8. The van der Waals surface area contributed by atoms with Crippen molar-refractivity contribution in [2.75, 3.05) is 32.8 Å². The summed E-state index contributed by atoms with van der Waals surface area (Å²) in [5.41, 5.74) is 0.863. The Bertz CT molecular complexity index is 979. The second kappa shape index (κ2) is 7.86. The van der Waals surface area contributed by atoms with Gasteiger partial charge in [0.25, 0.3) is 5.91 Å². The van der Waals surface area contributed by atoms with Gasteiger partial charge in [0.2, 0.25) is 5.91 Å². The predicted molar refractivity (Wildman–Crippen MR) is 119 cm³/mol. The van der Waals surface area contributed by atoms with Crippen LogP contribution in [-0.2, 0) is 16.0 Å². The molecule has 164 valence electrons. The number of carbonyl (C=O) groups is 2. The zero-order valence-electron chi connectivity index (χ0n) is 18.0.